The number of hydrogen-bond acceptors (Lipinski definition) is 2. The fourth-order valence-corrected chi connectivity index (χ4v) is 3.25. The molecule has 4 nitrogen and oxygen atoms in total. The van der Waals surface area contributed by atoms with Crippen LogP contribution in [0.4, 0.5) is 5.69 Å². The van der Waals surface area contributed by atoms with E-state index in [0.717, 1.165) is 35.9 Å². The number of carbonyl (C=O) groups is 2. The fourth-order valence-electron chi connectivity index (χ4n) is 3.25. The highest BCUT2D eigenvalue weighted by Crippen LogP contribution is 2.54. The van der Waals surface area contributed by atoms with Crippen LogP contribution in [0, 0.1) is 24.7 Å². The van der Waals surface area contributed by atoms with Gasteiger partial charge in [0.15, 0.2) is 0 Å². The van der Waals surface area contributed by atoms with Gasteiger partial charge in [-0.25, -0.2) is 0 Å². The number of fused-ring (bicyclic) bond motifs is 1. The molecule has 2 aliphatic carbocycles. The molecule has 2 fully saturated rings. The molecule has 2 aliphatic rings. The van der Waals surface area contributed by atoms with Gasteiger partial charge in [0.05, 0.1) is 0 Å². The molecule has 0 aliphatic heterocycles. The van der Waals surface area contributed by atoms with E-state index in [0.29, 0.717) is 5.56 Å². The molecule has 2 N–H and O–H groups in total. The van der Waals surface area contributed by atoms with E-state index in [1.165, 1.54) is 6.42 Å². The highest BCUT2D eigenvalue weighted by Gasteiger charge is 2.47. The summed E-state index contributed by atoms with van der Waals surface area (Å²) in [5, 5.41) is 5.60. The van der Waals surface area contributed by atoms with Gasteiger partial charge in [0, 0.05) is 24.2 Å². The van der Waals surface area contributed by atoms with Crippen molar-refractivity contribution >= 4 is 17.5 Å². The molecule has 0 spiro atoms. The van der Waals surface area contributed by atoms with Gasteiger partial charge in [0.2, 0.25) is 5.91 Å². The van der Waals surface area contributed by atoms with Crippen LogP contribution in [-0.2, 0) is 4.79 Å². The van der Waals surface area contributed by atoms with Gasteiger partial charge in [-0.2, -0.15) is 0 Å². The Hall–Kier alpha value is -1.84. The van der Waals surface area contributed by atoms with Crippen LogP contribution in [0.2, 0.25) is 0 Å². The van der Waals surface area contributed by atoms with E-state index in [2.05, 4.69) is 10.6 Å². The van der Waals surface area contributed by atoms with Gasteiger partial charge in [0.1, 0.15) is 0 Å². The average Bonchev–Trinajstić information content (AvgIpc) is 3.06. The second kappa shape index (κ2) is 4.93. The van der Waals surface area contributed by atoms with Crippen molar-refractivity contribution in [2.45, 2.75) is 26.2 Å². The summed E-state index contributed by atoms with van der Waals surface area (Å²) < 4.78 is 0. The summed E-state index contributed by atoms with van der Waals surface area (Å²) in [7, 11) is 1.61. The quantitative estimate of drug-likeness (QED) is 0.887. The Bertz CT molecular complexity index is 558. The second-order valence-corrected chi connectivity index (χ2v) is 6.02. The Morgan fingerprint density at radius 2 is 1.85 bits per heavy atom. The summed E-state index contributed by atoms with van der Waals surface area (Å²) in [6.07, 6.45) is 3.42. The molecule has 2 atom stereocenters. The molecule has 0 bridgehead atoms. The van der Waals surface area contributed by atoms with Crippen LogP contribution in [0.5, 0.6) is 0 Å². The predicted molar refractivity (Wildman–Crippen MR) is 77.5 cm³/mol. The number of anilines is 1. The highest BCUT2D eigenvalue weighted by atomic mass is 16.2. The second-order valence-electron chi connectivity index (χ2n) is 6.02. The summed E-state index contributed by atoms with van der Waals surface area (Å²) in [5.41, 5.74) is 2.34. The first-order chi connectivity index (χ1) is 9.58. The number of carbonyl (C=O) groups excluding carboxylic acids is 2. The minimum absolute atomic E-state index is 0.109. The molecular formula is C16H20N2O2. The number of nitrogens with one attached hydrogen (secondary N) is 2. The number of benzene rings is 1. The zero-order chi connectivity index (χ0) is 14.3. The SMILES string of the molecule is CNC(=O)c1ccc(NC(=O)C2CC3CC3C2)c(C)c1. The maximum Gasteiger partial charge on any atom is 0.251 e. The maximum atomic E-state index is 12.2. The van der Waals surface area contributed by atoms with E-state index in [9.17, 15) is 9.59 Å². The van der Waals surface area contributed by atoms with E-state index in [4.69, 9.17) is 0 Å². The van der Waals surface area contributed by atoms with Crippen molar-refractivity contribution in [3.8, 4) is 0 Å². The van der Waals surface area contributed by atoms with E-state index in [1.54, 1.807) is 19.2 Å². The Kier molecular flexibility index (Phi) is 3.24. The largest absolute Gasteiger partial charge is 0.355 e. The minimum atomic E-state index is -0.109. The first kappa shape index (κ1) is 13.2. The molecule has 4 heteroatoms. The molecule has 0 heterocycles. The van der Waals surface area contributed by atoms with Crippen LogP contribution in [0.3, 0.4) is 0 Å². The normalized spacial score (nSPS) is 26.8. The maximum absolute atomic E-state index is 12.2. The van der Waals surface area contributed by atoms with Gasteiger partial charge in [-0.15, -0.1) is 0 Å². The highest BCUT2D eigenvalue weighted by molar-refractivity contribution is 5.97. The molecule has 1 aromatic carbocycles. The van der Waals surface area contributed by atoms with Crippen LogP contribution < -0.4 is 10.6 Å². The predicted octanol–water partition coefficient (Wildman–Crippen LogP) is 2.34. The summed E-state index contributed by atoms with van der Waals surface area (Å²) in [6, 6.07) is 5.36. The van der Waals surface area contributed by atoms with Gasteiger partial charge in [-0.3, -0.25) is 9.59 Å². The van der Waals surface area contributed by atoms with Crippen LogP contribution in [0.25, 0.3) is 0 Å². The molecule has 2 unspecified atom stereocenters. The summed E-state index contributed by atoms with van der Waals surface area (Å²) >= 11 is 0. The molecule has 106 valence electrons. The average molecular weight is 272 g/mol. The third kappa shape index (κ3) is 2.42. The molecule has 2 amide bonds. The molecule has 3 rings (SSSR count). The van der Waals surface area contributed by atoms with E-state index in [-0.39, 0.29) is 17.7 Å². The number of aryl methyl sites for hydroxylation is 1. The van der Waals surface area contributed by atoms with Crippen molar-refractivity contribution in [3.05, 3.63) is 29.3 Å². The Balaban J connectivity index is 1.67. The van der Waals surface area contributed by atoms with Gasteiger partial charge in [-0.05, 0) is 61.8 Å². The van der Waals surface area contributed by atoms with Crippen LogP contribution in [-0.4, -0.2) is 18.9 Å². The monoisotopic (exact) mass is 272 g/mol. The topological polar surface area (TPSA) is 58.2 Å². The Morgan fingerprint density at radius 1 is 1.15 bits per heavy atom. The smallest absolute Gasteiger partial charge is 0.251 e. The lowest BCUT2D eigenvalue weighted by molar-refractivity contribution is -0.120. The number of rotatable bonds is 3. The van der Waals surface area contributed by atoms with Crippen molar-refractivity contribution in [1.82, 2.24) is 5.32 Å². The summed E-state index contributed by atoms with van der Waals surface area (Å²) in [4.78, 5) is 23.8. The standard InChI is InChI=1S/C16H20N2O2/c1-9-5-10(15(19)17-2)3-4-14(9)18-16(20)13-7-11-6-12(11)8-13/h3-5,11-13H,6-8H2,1-2H3,(H,17,19)(H,18,20). The van der Waals surface area contributed by atoms with Gasteiger partial charge in [-0.1, -0.05) is 0 Å². The van der Waals surface area contributed by atoms with Crippen molar-refractivity contribution in [2.24, 2.45) is 17.8 Å². The lowest BCUT2D eigenvalue weighted by Crippen LogP contribution is -2.22. The van der Waals surface area contributed by atoms with Gasteiger partial charge in [0.25, 0.3) is 5.91 Å². The lowest BCUT2D eigenvalue weighted by atomic mass is 10.0. The molecule has 0 radical (unpaired) electrons. The first-order valence-corrected chi connectivity index (χ1v) is 7.22. The third-order valence-electron chi connectivity index (χ3n) is 4.59. The Labute approximate surface area is 118 Å². The number of hydrogen-bond donors (Lipinski definition) is 2. The molecular weight excluding hydrogens is 252 g/mol. The molecule has 0 saturated heterocycles. The zero-order valence-electron chi connectivity index (χ0n) is 11.9. The summed E-state index contributed by atoms with van der Waals surface area (Å²) in [5.74, 6) is 1.82. The van der Waals surface area contributed by atoms with E-state index in [1.807, 2.05) is 13.0 Å². The van der Waals surface area contributed by atoms with Crippen molar-refractivity contribution in [1.29, 1.82) is 0 Å². The van der Waals surface area contributed by atoms with E-state index >= 15 is 0 Å². The molecule has 20 heavy (non-hydrogen) atoms. The first-order valence-electron chi connectivity index (χ1n) is 7.22. The van der Waals surface area contributed by atoms with Gasteiger partial charge < -0.3 is 10.6 Å². The van der Waals surface area contributed by atoms with Crippen molar-refractivity contribution in [2.75, 3.05) is 12.4 Å². The number of amides is 2. The van der Waals surface area contributed by atoms with Crippen molar-refractivity contribution in [3.63, 3.8) is 0 Å². The molecule has 1 aromatic rings. The third-order valence-corrected chi connectivity index (χ3v) is 4.59. The molecule has 2 saturated carbocycles. The lowest BCUT2D eigenvalue weighted by Gasteiger charge is -2.14. The zero-order valence-corrected chi connectivity index (χ0v) is 11.9. The van der Waals surface area contributed by atoms with Crippen LogP contribution in [0.15, 0.2) is 18.2 Å². The van der Waals surface area contributed by atoms with Crippen LogP contribution >= 0.6 is 0 Å². The minimum Gasteiger partial charge on any atom is -0.355 e. The summed E-state index contributed by atoms with van der Waals surface area (Å²) in [6.45, 7) is 1.91. The Morgan fingerprint density at radius 3 is 2.45 bits per heavy atom. The van der Waals surface area contributed by atoms with Crippen LogP contribution in [0.1, 0.15) is 35.2 Å². The molecule has 0 aromatic heterocycles. The fraction of sp³-hybridized carbons (Fsp3) is 0.500. The van der Waals surface area contributed by atoms with Crippen molar-refractivity contribution < 1.29 is 9.59 Å². The van der Waals surface area contributed by atoms with E-state index < -0.39 is 0 Å². The van der Waals surface area contributed by atoms with Gasteiger partial charge >= 0.3 is 0 Å².